The van der Waals surface area contributed by atoms with E-state index in [0.717, 1.165) is 6.42 Å². The van der Waals surface area contributed by atoms with E-state index < -0.39 is 0 Å². The number of benzene rings is 1. The van der Waals surface area contributed by atoms with Crippen molar-refractivity contribution in [3.05, 3.63) is 29.8 Å². The fourth-order valence-electron chi connectivity index (χ4n) is 2.99. The second kappa shape index (κ2) is 6.06. The van der Waals surface area contributed by atoms with Gasteiger partial charge in [0.1, 0.15) is 5.75 Å². The van der Waals surface area contributed by atoms with E-state index in [4.69, 9.17) is 0 Å². The van der Waals surface area contributed by atoms with Gasteiger partial charge in [-0.3, -0.25) is 0 Å². The van der Waals surface area contributed by atoms with Gasteiger partial charge < -0.3 is 10.4 Å². The third kappa shape index (κ3) is 3.47. The molecule has 0 aromatic heterocycles. The molecule has 94 valence electrons. The molecule has 0 saturated heterocycles. The molecule has 2 nitrogen and oxygen atoms in total. The molecule has 0 heterocycles. The summed E-state index contributed by atoms with van der Waals surface area (Å²) >= 11 is 0. The third-order valence-electron chi connectivity index (χ3n) is 3.94. The van der Waals surface area contributed by atoms with Crippen LogP contribution in [0.3, 0.4) is 0 Å². The Labute approximate surface area is 104 Å². The Hall–Kier alpha value is -1.02. The van der Waals surface area contributed by atoms with Crippen LogP contribution in [-0.4, -0.2) is 18.2 Å². The SMILES string of the molecule is CNC1CCCCCC1Cc1cccc(O)c1. The normalized spacial score (nSPS) is 25.5. The van der Waals surface area contributed by atoms with Gasteiger partial charge in [-0.1, -0.05) is 31.4 Å². The van der Waals surface area contributed by atoms with Crippen molar-refractivity contribution in [3.63, 3.8) is 0 Å². The van der Waals surface area contributed by atoms with E-state index in [1.807, 2.05) is 12.1 Å². The molecule has 17 heavy (non-hydrogen) atoms. The molecule has 0 radical (unpaired) electrons. The fourth-order valence-corrected chi connectivity index (χ4v) is 2.99. The average molecular weight is 233 g/mol. The minimum atomic E-state index is 0.386. The lowest BCUT2D eigenvalue weighted by atomic mass is 9.88. The summed E-state index contributed by atoms with van der Waals surface area (Å²) in [6.07, 6.45) is 7.75. The molecule has 0 bridgehead atoms. The van der Waals surface area contributed by atoms with Gasteiger partial charge in [0.25, 0.3) is 0 Å². The highest BCUT2D eigenvalue weighted by Crippen LogP contribution is 2.27. The fraction of sp³-hybridized carbons (Fsp3) is 0.600. The van der Waals surface area contributed by atoms with Crippen LogP contribution in [0.15, 0.2) is 24.3 Å². The maximum atomic E-state index is 9.51. The molecule has 2 unspecified atom stereocenters. The molecule has 1 aliphatic carbocycles. The van der Waals surface area contributed by atoms with Gasteiger partial charge in [-0.25, -0.2) is 0 Å². The Morgan fingerprint density at radius 1 is 1.24 bits per heavy atom. The summed E-state index contributed by atoms with van der Waals surface area (Å²) in [5.74, 6) is 1.10. The Morgan fingerprint density at radius 2 is 2.06 bits per heavy atom. The van der Waals surface area contributed by atoms with Crippen LogP contribution in [0, 0.1) is 5.92 Å². The molecule has 1 aromatic carbocycles. The highest BCUT2D eigenvalue weighted by Gasteiger charge is 2.22. The minimum Gasteiger partial charge on any atom is -0.508 e. The van der Waals surface area contributed by atoms with Crippen molar-refractivity contribution in [3.8, 4) is 5.75 Å². The summed E-state index contributed by atoms with van der Waals surface area (Å²) in [5.41, 5.74) is 1.26. The van der Waals surface area contributed by atoms with Crippen LogP contribution in [0.5, 0.6) is 5.75 Å². The van der Waals surface area contributed by atoms with Crippen molar-refractivity contribution in [1.29, 1.82) is 0 Å². The van der Waals surface area contributed by atoms with E-state index in [1.165, 1.54) is 37.7 Å². The van der Waals surface area contributed by atoms with Gasteiger partial charge >= 0.3 is 0 Å². The van der Waals surface area contributed by atoms with Crippen molar-refractivity contribution >= 4 is 0 Å². The van der Waals surface area contributed by atoms with E-state index in [9.17, 15) is 5.11 Å². The summed E-state index contributed by atoms with van der Waals surface area (Å²) in [6, 6.07) is 8.34. The number of phenols is 1. The predicted octanol–water partition coefficient (Wildman–Crippen LogP) is 3.10. The molecule has 0 amide bonds. The smallest absolute Gasteiger partial charge is 0.115 e. The van der Waals surface area contributed by atoms with Gasteiger partial charge in [0.05, 0.1) is 0 Å². The van der Waals surface area contributed by atoms with Crippen LogP contribution in [0.4, 0.5) is 0 Å². The topological polar surface area (TPSA) is 32.3 Å². The van der Waals surface area contributed by atoms with Gasteiger partial charge in [-0.15, -0.1) is 0 Å². The number of hydrogen-bond acceptors (Lipinski definition) is 2. The van der Waals surface area contributed by atoms with Crippen molar-refractivity contribution in [2.75, 3.05) is 7.05 Å². The first-order chi connectivity index (χ1) is 8.29. The monoisotopic (exact) mass is 233 g/mol. The maximum Gasteiger partial charge on any atom is 0.115 e. The van der Waals surface area contributed by atoms with Gasteiger partial charge in [0.15, 0.2) is 0 Å². The zero-order chi connectivity index (χ0) is 12.1. The average Bonchev–Trinajstić information content (AvgIpc) is 2.54. The van der Waals surface area contributed by atoms with E-state index in [0.29, 0.717) is 17.7 Å². The summed E-state index contributed by atoms with van der Waals surface area (Å²) in [6.45, 7) is 0. The first-order valence-corrected chi connectivity index (χ1v) is 6.75. The molecule has 0 aliphatic heterocycles. The summed E-state index contributed by atoms with van der Waals surface area (Å²) < 4.78 is 0. The number of hydrogen-bond donors (Lipinski definition) is 2. The second-order valence-corrected chi connectivity index (χ2v) is 5.17. The largest absolute Gasteiger partial charge is 0.508 e. The van der Waals surface area contributed by atoms with E-state index >= 15 is 0 Å². The van der Waals surface area contributed by atoms with Gasteiger partial charge in [0.2, 0.25) is 0 Å². The molecule has 1 aromatic rings. The summed E-state index contributed by atoms with van der Waals surface area (Å²) in [7, 11) is 2.07. The zero-order valence-electron chi connectivity index (χ0n) is 10.7. The van der Waals surface area contributed by atoms with Crippen LogP contribution in [0.25, 0.3) is 0 Å². The van der Waals surface area contributed by atoms with Crippen molar-refractivity contribution in [1.82, 2.24) is 5.32 Å². The second-order valence-electron chi connectivity index (χ2n) is 5.17. The molecule has 2 heteroatoms. The first-order valence-electron chi connectivity index (χ1n) is 6.75. The molecule has 1 aliphatic rings. The zero-order valence-corrected chi connectivity index (χ0v) is 10.7. The molecule has 0 spiro atoms. The van der Waals surface area contributed by atoms with Crippen molar-refractivity contribution in [2.24, 2.45) is 5.92 Å². The quantitative estimate of drug-likeness (QED) is 0.786. The van der Waals surface area contributed by atoms with Crippen LogP contribution in [0.2, 0.25) is 0 Å². The number of phenolic OH excluding ortho intramolecular Hbond substituents is 1. The van der Waals surface area contributed by atoms with Crippen LogP contribution >= 0.6 is 0 Å². The molecular weight excluding hydrogens is 210 g/mol. The standard InChI is InChI=1S/C15H23NO/c1-16-15-9-4-2-3-7-13(15)10-12-6-5-8-14(17)11-12/h5-6,8,11,13,15-17H,2-4,7,9-10H2,1H3. The molecule has 2 rings (SSSR count). The third-order valence-corrected chi connectivity index (χ3v) is 3.94. The summed E-state index contributed by atoms with van der Waals surface area (Å²) in [4.78, 5) is 0. The van der Waals surface area contributed by atoms with Crippen LogP contribution in [-0.2, 0) is 6.42 Å². The van der Waals surface area contributed by atoms with Crippen molar-refractivity contribution in [2.45, 2.75) is 44.6 Å². The number of rotatable bonds is 3. The van der Waals surface area contributed by atoms with Gasteiger partial charge in [-0.05, 0) is 49.9 Å². The van der Waals surface area contributed by atoms with Gasteiger partial charge in [-0.2, -0.15) is 0 Å². The Kier molecular flexibility index (Phi) is 4.43. The Balaban J connectivity index is 2.04. The lowest BCUT2D eigenvalue weighted by molar-refractivity contribution is 0.349. The minimum absolute atomic E-state index is 0.386. The van der Waals surface area contributed by atoms with E-state index in [-0.39, 0.29) is 0 Å². The molecular formula is C15H23NO. The molecule has 2 atom stereocenters. The first kappa shape index (κ1) is 12.4. The molecule has 1 fully saturated rings. The number of aromatic hydroxyl groups is 1. The summed E-state index contributed by atoms with van der Waals surface area (Å²) in [5, 5.41) is 13.0. The van der Waals surface area contributed by atoms with Crippen LogP contribution in [0.1, 0.15) is 37.7 Å². The van der Waals surface area contributed by atoms with Gasteiger partial charge in [0, 0.05) is 6.04 Å². The Morgan fingerprint density at radius 3 is 2.82 bits per heavy atom. The van der Waals surface area contributed by atoms with E-state index in [2.05, 4.69) is 18.4 Å². The lowest BCUT2D eigenvalue weighted by Crippen LogP contribution is -2.33. The van der Waals surface area contributed by atoms with Crippen molar-refractivity contribution < 1.29 is 5.11 Å². The van der Waals surface area contributed by atoms with E-state index in [1.54, 1.807) is 6.07 Å². The Bertz CT molecular complexity index is 351. The molecule has 1 saturated carbocycles. The highest BCUT2D eigenvalue weighted by atomic mass is 16.3. The van der Waals surface area contributed by atoms with Crippen LogP contribution < -0.4 is 5.32 Å². The maximum absolute atomic E-state index is 9.51. The number of nitrogens with one attached hydrogen (secondary N) is 1. The predicted molar refractivity (Wildman–Crippen MR) is 71.2 cm³/mol. The highest BCUT2D eigenvalue weighted by molar-refractivity contribution is 5.27. The lowest BCUT2D eigenvalue weighted by Gasteiger charge is -2.24. The molecule has 2 N–H and O–H groups in total.